The minimum atomic E-state index is -0.646. The number of aromatic nitrogens is 1. The third kappa shape index (κ3) is 3.22. The topological polar surface area (TPSA) is 114 Å². The van der Waals surface area contributed by atoms with Crippen molar-refractivity contribution in [1.29, 1.82) is 0 Å². The lowest BCUT2D eigenvalue weighted by Gasteiger charge is -2.12. The summed E-state index contributed by atoms with van der Waals surface area (Å²) < 4.78 is 5.33. The van der Waals surface area contributed by atoms with E-state index in [1.165, 1.54) is 0 Å². The van der Waals surface area contributed by atoms with Crippen LogP contribution in [0.4, 0.5) is 0 Å². The van der Waals surface area contributed by atoms with Crippen molar-refractivity contribution >= 4 is 11.7 Å². The highest BCUT2D eigenvalue weighted by Gasteiger charge is 2.21. The molecule has 1 aromatic heterocycles. The van der Waals surface area contributed by atoms with Gasteiger partial charge in [0.15, 0.2) is 5.84 Å². The lowest BCUT2D eigenvalue weighted by Crippen LogP contribution is -2.38. The second-order valence-electron chi connectivity index (χ2n) is 3.95. The largest absolute Gasteiger partial charge is 0.444 e. The van der Waals surface area contributed by atoms with Crippen molar-refractivity contribution in [3.05, 3.63) is 17.3 Å². The zero-order chi connectivity index (χ0) is 13.7. The quantitative estimate of drug-likeness (QED) is 0.309. The maximum atomic E-state index is 11.8. The Morgan fingerprint density at radius 2 is 2.28 bits per heavy atom. The monoisotopic (exact) mass is 254 g/mol. The number of carbonyl (C=O) groups is 1. The second kappa shape index (κ2) is 6.04. The number of amides is 1. The Hall–Kier alpha value is -2.05. The molecule has 4 N–H and O–H groups in total. The molecule has 1 atom stereocenters. The van der Waals surface area contributed by atoms with Gasteiger partial charge in [0, 0.05) is 0 Å². The van der Waals surface area contributed by atoms with Crippen LogP contribution in [0.2, 0.25) is 0 Å². The molecule has 100 valence electrons. The Balaban J connectivity index is 2.60. The van der Waals surface area contributed by atoms with E-state index in [1.54, 1.807) is 13.8 Å². The van der Waals surface area contributed by atoms with Crippen LogP contribution in [-0.4, -0.2) is 21.9 Å². The average Bonchev–Trinajstić information content (AvgIpc) is 2.67. The zero-order valence-corrected chi connectivity index (χ0v) is 10.7. The van der Waals surface area contributed by atoms with E-state index in [4.69, 9.17) is 15.4 Å². The zero-order valence-electron chi connectivity index (χ0n) is 10.7. The van der Waals surface area contributed by atoms with Crippen LogP contribution < -0.4 is 11.1 Å². The molecule has 1 amide bonds. The van der Waals surface area contributed by atoms with Gasteiger partial charge in [0.05, 0.1) is 18.2 Å². The number of rotatable bonds is 5. The van der Waals surface area contributed by atoms with E-state index < -0.39 is 5.92 Å². The summed E-state index contributed by atoms with van der Waals surface area (Å²) in [4.78, 5) is 15.9. The molecule has 0 spiro atoms. The minimum Gasteiger partial charge on any atom is -0.444 e. The van der Waals surface area contributed by atoms with Crippen LogP contribution >= 0.6 is 0 Å². The molecule has 18 heavy (non-hydrogen) atoms. The molecule has 1 heterocycles. The van der Waals surface area contributed by atoms with E-state index in [0.29, 0.717) is 12.3 Å². The highest BCUT2D eigenvalue weighted by atomic mass is 16.4. The summed E-state index contributed by atoms with van der Waals surface area (Å²) in [5.74, 6) is 0.0960. The lowest BCUT2D eigenvalue weighted by molar-refractivity contribution is -0.123. The van der Waals surface area contributed by atoms with Crippen molar-refractivity contribution in [2.75, 3.05) is 0 Å². The first-order valence-corrected chi connectivity index (χ1v) is 5.67. The van der Waals surface area contributed by atoms with Gasteiger partial charge in [0.25, 0.3) is 0 Å². The minimum absolute atomic E-state index is 0.102. The predicted molar refractivity (Wildman–Crippen MR) is 65.0 cm³/mol. The molecule has 0 saturated heterocycles. The first kappa shape index (κ1) is 14.0. The van der Waals surface area contributed by atoms with Gasteiger partial charge in [-0.2, -0.15) is 0 Å². The number of oxime groups is 1. The molecule has 0 aliphatic heterocycles. The van der Waals surface area contributed by atoms with Gasteiger partial charge < -0.3 is 20.7 Å². The predicted octanol–water partition coefficient (Wildman–Crippen LogP) is 0.680. The third-order valence-electron chi connectivity index (χ3n) is 2.68. The highest BCUT2D eigenvalue weighted by molar-refractivity contribution is 6.01. The fourth-order valence-corrected chi connectivity index (χ4v) is 1.50. The van der Waals surface area contributed by atoms with E-state index >= 15 is 0 Å². The van der Waals surface area contributed by atoms with Crippen molar-refractivity contribution in [2.24, 2.45) is 16.8 Å². The molecule has 1 rings (SSSR count). The van der Waals surface area contributed by atoms with Gasteiger partial charge in [-0.15, -0.1) is 0 Å². The van der Waals surface area contributed by atoms with E-state index in [1.807, 2.05) is 6.92 Å². The van der Waals surface area contributed by atoms with E-state index in [0.717, 1.165) is 11.5 Å². The number of amidine groups is 1. The van der Waals surface area contributed by atoms with Crippen molar-refractivity contribution in [1.82, 2.24) is 10.3 Å². The summed E-state index contributed by atoms with van der Waals surface area (Å²) >= 11 is 0. The second-order valence-corrected chi connectivity index (χ2v) is 3.95. The van der Waals surface area contributed by atoms with E-state index in [2.05, 4.69) is 15.5 Å². The Kier molecular flexibility index (Phi) is 4.70. The van der Waals surface area contributed by atoms with E-state index in [9.17, 15) is 4.79 Å². The van der Waals surface area contributed by atoms with Gasteiger partial charge in [0.2, 0.25) is 11.8 Å². The maximum absolute atomic E-state index is 11.8. The van der Waals surface area contributed by atoms with E-state index in [-0.39, 0.29) is 18.3 Å². The molecule has 0 radical (unpaired) electrons. The van der Waals surface area contributed by atoms with Gasteiger partial charge in [-0.1, -0.05) is 12.1 Å². The SMILES string of the molecule is CCC(C(=O)NCc1nc(C)c(C)o1)C(N)=NO. The number of nitrogens with two attached hydrogens (primary N) is 1. The summed E-state index contributed by atoms with van der Waals surface area (Å²) in [7, 11) is 0. The maximum Gasteiger partial charge on any atom is 0.231 e. The van der Waals surface area contributed by atoms with Gasteiger partial charge >= 0.3 is 0 Å². The number of nitrogens with one attached hydrogen (secondary N) is 1. The fraction of sp³-hybridized carbons (Fsp3) is 0.545. The van der Waals surface area contributed by atoms with Crippen LogP contribution in [0.1, 0.15) is 30.7 Å². The van der Waals surface area contributed by atoms with Crippen LogP contribution in [0.3, 0.4) is 0 Å². The molecule has 1 unspecified atom stereocenters. The fourth-order valence-electron chi connectivity index (χ4n) is 1.50. The Morgan fingerprint density at radius 3 is 2.72 bits per heavy atom. The van der Waals surface area contributed by atoms with Gasteiger partial charge in [-0.3, -0.25) is 4.79 Å². The molecule has 7 nitrogen and oxygen atoms in total. The Morgan fingerprint density at radius 1 is 1.61 bits per heavy atom. The molecule has 7 heteroatoms. The number of nitrogens with zero attached hydrogens (tertiary/aromatic N) is 2. The van der Waals surface area contributed by atoms with Crippen molar-refractivity contribution in [3.8, 4) is 0 Å². The summed E-state index contributed by atoms with van der Waals surface area (Å²) in [6.07, 6.45) is 0.450. The summed E-state index contributed by atoms with van der Waals surface area (Å²) in [5.41, 5.74) is 6.22. The average molecular weight is 254 g/mol. The molecule has 0 aliphatic carbocycles. The van der Waals surface area contributed by atoms with Crippen LogP contribution in [0.5, 0.6) is 0 Å². The summed E-state index contributed by atoms with van der Waals surface area (Å²) in [5, 5.41) is 14.0. The number of oxazole rings is 1. The van der Waals surface area contributed by atoms with Crippen molar-refractivity contribution in [2.45, 2.75) is 33.7 Å². The lowest BCUT2D eigenvalue weighted by atomic mass is 10.1. The van der Waals surface area contributed by atoms with Crippen LogP contribution in [-0.2, 0) is 11.3 Å². The molecule has 0 fully saturated rings. The highest BCUT2D eigenvalue weighted by Crippen LogP contribution is 2.08. The first-order chi connectivity index (χ1) is 8.49. The molecule has 0 aliphatic rings. The number of hydrogen-bond donors (Lipinski definition) is 3. The van der Waals surface area contributed by atoms with Crippen molar-refractivity contribution < 1.29 is 14.4 Å². The van der Waals surface area contributed by atoms with Gasteiger partial charge in [-0.05, 0) is 20.3 Å². The normalized spacial score (nSPS) is 13.4. The Labute approximate surface area is 105 Å². The molecule has 0 saturated carbocycles. The molecule has 0 bridgehead atoms. The third-order valence-corrected chi connectivity index (χ3v) is 2.68. The van der Waals surface area contributed by atoms with Crippen LogP contribution in [0, 0.1) is 19.8 Å². The molecular weight excluding hydrogens is 236 g/mol. The number of carbonyl (C=O) groups excluding carboxylic acids is 1. The first-order valence-electron chi connectivity index (χ1n) is 5.67. The molecule has 0 aromatic carbocycles. The summed E-state index contributed by atoms with van der Waals surface area (Å²) in [6, 6.07) is 0. The molecule has 1 aromatic rings. The summed E-state index contributed by atoms with van der Waals surface area (Å²) in [6.45, 7) is 5.60. The van der Waals surface area contributed by atoms with Crippen molar-refractivity contribution in [3.63, 3.8) is 0 Å². The number of aryl methyl sites for hydroxylation is 2. The smallest absolute Gasteiger partial charge is 0.231 e. The Bertz CT molecular complexity index is 434. The number of hydrogen-bond acceptors (Lipinski definition) is 5. The standard InChI is InChI=1S/C11H18N4O3/c1-4-8(10(12)15-17)11(16)13-5-9-14-6(2)7(3)18-9/h8,17H,4-5H2,1-3H3,(H2,12,15)(H,13,16). The van der Waals surface area contributed by atoms with Gasteiger partial charge in [-0.25, -0.2) is 4.98 Å². The van der Waals surface area contributed by atoms with Gasteiger partial charge in [0.1, 0.15) is 5.76 Å². The van der Waals surface area contributed by atoms with Crippen LogP contribution in [0.25, 0.3) is 0 Å². The molecular formula is C11H18N4O3. The van der Waals surface area contributed by atoms with Crippen LogP contribution in [0.15, 0.2) is 9.57 Å².